The van der Waals surface area contributed by atoms with E-state index in [1.165, 1.54) is 10.9 Å². The number of nitrogens with zero attached hydrogens (tertiary/aromatic N) is 3. The molecule has 0 aliphatic carbocycles. The molecule has 1 rings (SSSR count). The Hall–Kier alpha value is -1.59. The summed E-state index contributed by atoms with van der Waals surface area (Å²) in [7, 11) is 1.70. The molecule has 1 aromatic rings. The molecule has 0 unspecified atom stereocenters. The molecule has 0 fully saturated rings. The van der Waals surface area contributed by atoms with Crippen LogP contribution in [-0.2, 0) is 7.05 Å². The zero-order valence-electron chi connectivity index (χ0n) is 7.03. The highest BCUT2D eigenvalue weighted by atomic mass is 16.2. The summed E-state index contributed by atoms with van der Waals surface area (Å²) in [5, 5.41) is 12.4. The molecule has 12 heavy (non-hydrogen) atoms. The maximum Gasteiger partial charge on any atom is 0.320 e. The smallest absolute Gasteiger partial charge is 0.320 e. The summed E-state index contributed by atoms with van der Waals surface area (Å²) in [6, 6.07) is -0.247. The van der Waals surface area contributed by atoms with Crippen molar-refractivity contribution >= 4 is 11.8 Å². The molecule has 0 saturated carbocycles. The number of urea groups is 1. The minimum atomic E-state index is -0.247. The molecule has 2 amide bonds. The molecule has 66 valence electrons. The molecule has 0 saturated heterocycles. The molecule has 0 bridgehead atoms. The van der Waals surface area contributed by atoms with E-state index in [9.17, 15) is 4.79 Å². The number of aryl methyl sites for hydroxylation is 1. The van der Waals surface area contributed by atoms with Crippen LogP contribution in [0.3, 0.4) is 0 Å². The van der Waals surface area contributed by atoms with Crippen LogP contribution < -0.4 is 10.6 Å². The Morgan fingerprint density at radius 3 is 3.00 bits per heavy atom. The minimum absolute atomic E-state index is 0.247. The van der Waals surface area contributed by atoms with Gasteiger partial charge in [0.1, 0.15) is 0 Å². The van der Waals surface area contributed by atoms with Gasteiger partial charge < -0.3 is 5.32 Å². The molecule has 1 heterocycles. The first-order chi connectivity index (χ1) is 5.74. The summed E-state index contributed by atoms with van der Waals surface area (Å²) in [5.41, 5.74) is 0. The molecule has 0 atom stereocenters. The highest BCUT2D eigenvalue weighted by Gasteiger charge is 2.02. The van der Waals surface area contributed by atoms with Crippen molar-refractivity contribution in [2.45, 2.75) is 6.92 Å². The molecule has 6 heteroatoms. The van der Waals surface area contributed by atoms with Crippen LogP contribution in [0.4, 0.5) is 10.6 Å². The normalized spacial score (nSPS) is 9.50. The number of carbonyl (C=O) groups excluding carboxylic acids is 1. The highest BCUT2D eigenvalue weighted by molar-refractivity contribution is 5.87. The van der Waals surface area contributed by atoms with Crippen molar-refractivity contribution in [2.24, 2.45) is 7.05 Å². The van der Waals surface area contributed by atoms with Crippen molar-refractivity contribution in [1.82, 2.24) is 20.3 Å². The predicted octanol–water partition coefficient (Wildman–Crippen LogP) is -0.0435. The van der Waals surface area contributed by atoms with Crippen molar-refractivity contribution in [2.75, 3.05) is 11.9 Å². The van der Waals surface area contributed by atoms with Crippen molar-refractivity contribution in [3.8, 4) is 0 Å². The summed E-state index contributed by atoms with van der Waals surface area (Å²) in [6.07, 6.45) is 1.48. The zero-order chi connectivity index (χ0) is 8.97. The molecule has 0 aromatic carbocycles. The number of hydrogen-bond acceptors (Lipinski definition) is 3. The first-order valence-electron chi connectivity index (χ1n) is 3.63. The first-order valence-corrected chi connectivity index (χ1v) is 3.63. The van der Waals surface area contributed by atoms with Gasteiger partial charge in [0, 0.05) is 13.6 Å². The van der Waals surface area contributed by atoms with Crippen molar-refractivity contribution in [1.29, 1.82) is 0 Å². The maximum absolute atomic E-state index is 11.0. The largest absolute Gasteiger partial charge is 0.338 e. The number of rotatable bonds is 2. The van der Waals surface area contributed by atoms with E-state index in [4.69, 9.17) is 0 Å². The second-order valence-corrected chi connectivity index (χ2v) is 2.23. The average molecular weight is 169 g/mol. The van der Waals surface area contributed by atoms with Crippen LogP contribution in [-0.4, -0.2) is 27.6 Å². The summed E-state index contributed by atoms with van der Waals surface area (Å²) in [5.74, 6) is 0.570. The van der Waals surface area contributed by atoms with E-state index in [-0.39, 0.29) is 6.03 Å². The second-order valence-electron chi connectivity index (χ2n) is 2.23. The van der Waals surface area contributed by atoms with Gasteiger partial charge in [-0.1, -0.05) is 5.21 Å². The molecule has 0 aliphatic rings. The van der Waals surface area contributed by atoms with Gasteiger partial charge in [-0.2, -0.15) is 0 Å². The Kier molecular flexibility index (Phi) is 2.62. The fraction of sp³-hybridized carbons (Fsp3) is 0.500. The van der Waals surface area contributed by atoms with Crippen molar-refractivity contribution < 1.29 is 4.79 Å². The van der Waals surface area contributed by atoms with E-state index >= 15 is 0 Å². The van der Waals surface area contributed by atoms with Gasteiger partial charge in [-0.05, 0) is 6.92 Å². The van der Waals surface area contributed by atoms with Crippen LogP contribution in [0, 0.1) is 0 Å². The van der Waals surface area contributed by atoms with Gasteiger partial charge in [-0.3, -0.25) is 5.32 Å². The third-order valence-corrected chi connectivity index (χ3v) is 1.29. The number of hydrogen-bond donors (Lipinski definition) is 2. The third kappa shape index (κ3) is 1.94. The number of nitrogens with one attached hydrogen (secondary N) is 2. The van der Waals surface area contributed by atoms with E-state index in [2.05, 4.69) is 20.9 Å². The number of carbonyl (C=O) groups is 1. The Bertz CT molecular complexity index is 269. The molecule has 2 N–H and O–H groups in total. The van der Waals surface area contributed by atoms with Gasteiger partial charge in [0.2, 0.25) is 0 Å². The van der Waals surface area contributed by atoms with E-state index in [0.29, 0.717) is 12.4 Å². The fourth-order valence-electron chi connectivity index (χ4n) is 0.724. The van der Waals surface area contributed by atoms with Crippen LogP contribution in [0.5, 0.6) is 0 Å². The van der Waals surface area contributed by atoms with Gasteiger partial charge in [0.15, 0.2) is 5.82 Å². The molecule has 0 spiro atoms. The molecule has 0 aliphatic heterocycles. The lowest BCUT2D eigenvalue weighted by Gasteiger charge is -2.03. The monoisotopic (exact) mass is 169 g/mol. The number of aromatic nitrogens is 3. The van der Waals surface area contributed by atoms with Crippen LogP contribution >= 0.6 is 0 Å². The Morgan fingerprint density at radius 2 is 2.50 bits per heavy atom. The number of amides is 2. The maximum atomic E-state index is 11.0. The van der Waals surface area contributed by atoms with Crippen molar-refractivity contribution in [3.05, 3.63) is 6.20 Å². The summed E-state index contributed by atoms with van der Waals surface area (Å²) < 4.78 is 1.48. The van der Waals surface area contributed by atoms with Crippen LogP contribution in [0.25, 0.3) is 0 Å². The molecule has 6 nitrogen and oxygen atoms in total. The summed E-state index contributed by atoms with van der Waals surface area (Å²) >= 11 is 0. The quantitative estimate of drug-likeness (QED) is 0.652. The Morgan fingerprint density at radius 1 is 1.75 bits per heavy atom. The Balaban J connectivity index is 2.52. The third-order valence-electron chi connectivity index (χ3n) is 1.29. The van der Waals surface area contributed by atoms with Gasteiger partial charge in [-0.25, -0.2) is 9.48 Å². The molecular weight excluding hydrogens is 158 g/mol. The van der Waals surface area contributed by atoms with E-state index in [0.717, 1.165) is 0 Å². The first kappa shape index (κ1) is 8.51. The van der Waals surface area contributed by atoms with E-state index < -0.39 is 0 Å². The van der Waals surface area contributed by atoms with E-state index in [1.807, 2.05) is 6.92 Å². The average Bonchev–Trinajstić information content (AvgIpc) is 2.37. The molecule has 1 aromatic heterocycles. The highest BCUT2D eigenvalue weighted by Crippen LogP contribution is 1.99. The van der Waals surface area contributed by atoms with Crippen LogP contribution in [0.1, 0.15) is 6.92 Å². The van der Waals surface area contributed by atoms with Crippen LogP contribution in [0.15, 0.2) is 6.20 Å². The minimum Gasteiger partial charge on any atom is -0.338 e. The van der Waals surface area contributed by atoms with Gasteiger partial charge in [0.25, 0.3) is 0 Å². The summed E-state index contributed by atoms with van der Waals surface area (Å²) in [6.45, 7) is 2.44. The SMILES string of the molecule is CCNC(=O)Nc1cnnn1C. The standard InChI is InChI=1S/C6H11N5O/c1-3-7-6(12)9-5-4-8-10-11(5)2/h4H,3H2,1-2H3,(H2,7,9,12). The topological polar surface area (TPSA) is 71.8 Å². The lowest BCUT2D eigenvalue weighted by Crippen LogP contribution is -2.29. The second kappa shape index (κ2) is 3.70. The van der Waals surface area contributed by atoms with Gasteiger partial charge >= 0.3 is 6.03 Å². The van der Waals surface area contributed by atoms with Crippen molar-refractivity contribution in [3.63, 3.8) is 0 Å². The lowest BCUT2D eigenvalue weighted by molar-refractivity contribution is 0.252. The molecular formula is C6H11N5O. The van der Waals surface area contributed by atoms with Gasteiger partial charge in [0.05, 0.1) is 6.20 Å². The fourth-order valence-corrected chi connectivity index (χ4v) is 0.724. The zero-order valence-corrected chi connectivity index (χ0v) is 7.03. The summed E-state index contributed by atoms with van der Waals surface area (Å²) in [4.78, 5) is 11.0. The predicted molar refractivity (Wildman–Crippen MR) is 43.7 cm³/mol. The molecule has 0 radical (unpaired) electrons. The Labute approximate surface area is 69.9 Å². The lowest BCUT2D eigenvalue weighted by atomic mass is 10.7. The van der Waals surface area contributed by atoms with Gasteiger partial charge in [-0.15, -0.1) is 5.10 Å². The van der Waals surface area contributed by atoms with Crippen LogP contribution in [0.2, 0.25) is 0 Å². The van der Waals surface area contributed by atoms with E-state index in [1.54, 1.807) is 7.05 Å². The number of anilines is 1.